The van der Waals surface area contributed by atoms with Crippen LogP contribution in [0.25, 0.3) is 22.1 Å². The summed E-state index contributed by atoms with van der Waals surface area (Å²) in [5, 5.41) is 19.8. The molecule has 0 amide bonds. The second-order valence-electron chi connectivity index (χ2n) is 5.00. The summed E-state index contributed by atoms with van der Waals surface area (Å²) in [5.74, 6) is 0.867. The molecule has 2 unspecified atom stereocenters. The fraction of sp³-hybridized carbons (Fsp3) is 0.308. The zero-order valence-corrected chi connectivity index (χ0v) is 11.9. The van der Waals surface area contributed by atoms with E-state index in [1.54, 1.807) is 0 Å². The van der Waals surface area contributed by atoms with Crippen molar-refractivity contribution in [3.63, 3.8) is 0 Å². The quantitative estimate of drug-likeness (QED) is 0.527. The number of aromatic nitrogens is 4. The zero-order valence-electron chi connectivity index (χ0n) is 11.1. The summed E-state index contributed by atoms with van der Waals surface area (Å²) < 4.78 is 0. The Labute approximate surface area is 124 Å². The Morgan fingerprint density at radius 3 is 3.05 bits per heavy atom. The number of para-hydroxylation sites is 1. The molecule has 7 nitrogen and oxygen atoms in total. The average molecular weight is 302 g/mol. The van der Waals surface area contributed by atoms with E-state index in [0.717, 1.165) is 34.4 Å². The van der Waals surface area contributed by atoms with Crippen molar-refractivity contribution in [3.05, 3.63) is 24.3 Å². The first-order valence-electron chi connectivity index (χ1n) is 6.71. The predicted molar refractivity (Wildman–Crippen MR) is 80.5 cm³/mol. The molecule has 1 saturated heterocycles. The molecule has 3 aromatic rings. The van der Waals surface area contributed by atoms with Gasteiger partial charge in [-0.2, -0.15) is 0 Å². The Morgan fingerprint density at radius 1 is 1.29 bits per heavy atom. The third-order valence-corrected chi connectivity index (χ3v) is 4.62. The van der Waals surface area contributed by atoms with Gasteiger partial charge in [0.05, 0.1) is 0 Å². The summed E-state index contributed by atoms with van der Waals surface area (Å²) in [6.07, 6.45) is -0.526. The maximum Gasteiger partial charge on any atom is 0.211 e. The molecule has 8 heteroatoms. The normalized spacial score (nSPS) is 22.3. The summed E-state index contributed by atoms with van der Waals surface area (Å²) in [4.78, 5) is 7.76. The van der Waals surface area contributed by atoms with Crippen LogP contribution in [0.2, 0.25) is 0 Å². The van der Waals surface area contributed by atoms with E-state index in [0.29, 0.717) is 5.16 Å². The minimum atomic E-state index is -0.526. The van der Waals surface area contributed by atoms with Crippen molar-refractivity contribution in [1.29, 1.82) is 0 Å². The molecule has 2 atom stereocenters. The fourth-order valence-corrected chi connectivity index (χ4v) is 3.34. The monoisotopic (exact) mass is 302 g/mol. The first kappa shape index (κ1) is 13.0. The van der Waals surface area contributed by atoms with Gasteiger partial charge in [0.25, 0.3) is 0 Å². The van der Waals surface area contributed by atoms with Crippen molar-refractivity contribution < 1.29 is 5.11 Å². The molecule has 1 aromatic carbocycles. The number of fused-ring (bicyclic) bond motifs is 3. The Bertz CT molecular complexity index is 791. The number of hydrazine groups is 1. The molecule has 0 saturated carbocycles. The molecule has 4 N–H and O–H groups in total. The first-order chi connectivity index (χ1) is 10.3. The minimum Gasteiger partial charge on any atom is -0.377 e. The van der Waals surface area contributed by atoms with E-state index in [9.17, 15) is 5.11 Å². The molecule has 0 radical (unpaired) electrons. The second kappa shape index (κ2) is 5.23. The van der Waals surface area contributed by atoms with Crippen LogP contribution in [0.3, 0.4) is 0 Å². The highest BCUT2D eigenvalue weighted by Crippen LogP contribution is 2.24. The van der Waals surface area contributed by atoms with E-state index in [1.807, 2.05) is 24.3 Å². The Kier molecular flexibility index (Phi) is 3.23. The van der Waals surface area contributed by atoms with Crippen LogP contribution in [-0.4, -0.2) is 43.8 Å². The molecule has 0 bridgehead atoms. The average Bonchev–Trinajstić information content (AvgIpc) is 3.07. The number of benzene rings is 1. The molecule has 1 aliphatic rings. The van der Waals surface area contributed by atoms with Gasteiger partial charge in [-0.05, 0) is 6.07 Å². The standard InChI is InChI=1S/C13H14N6OS/c20-12-7(5-14-18-12)6-21-13-16-11-10(17-19-13)8-3-1-2-4-9(8)15-11/h1-4,7,12,14,18,20H,5-6H2,(H,15,16,19). The zero-order chi connectivity index (χ0) is 14.2. The van der Waals surface area contributed by atoms with Crippen LogP contribution < -0.4 is 10.9 Å². The lowest BCUT2D eigenvalue weighted by molar-refractivity contribution is 0.120. The third kappa shape index (κ3) is 2.36. The van der Waals surface area contributed by atoms with E-state index in [4.69, 9.17) is 0 Å². The van der Waals surface area contributed by atoms with Crippen LogP contribution in [-0.2, 0) is 0 Å². The number of aliphatic hydroxyl groups is 1. The number of H-pyrrole nitrogens is 1. The van der Waals surface area contributed by atoms with Crippen molar-refractivity contribution in [2.45, 2.75) is 11.4 Å². The second-order valence-corrected chi connectivity index (χ2v) is 5.99. The molecule has 2 aromatic heterocycles. The number of aromatic amines is 1. The van der Waals surface area contributed by atoms with E-state index in [1.165, 1.54) is 11.8 Å². The largest absolute Gasteiger partial charge is 0.377 e. The molecular formula is C13H14N6OS. The van der Waals surface area contributed by atoms with Gasteiger partial charge in [-0.1, -0.05) is 30.0 Å². The van der Waals surface area contributed by atoms with Crippen LogP contribution >= 0.6 is 11.8 Å². The summed E-state index contributed by atoms with van der Waals surface area (Å²) in [7, 11) is 0. The Balaban J connectivity index is 1.60. The minimum absolute atomic E-state index is 0.136. The third-order valence-electron chi connectivity index (χ3n) is 3.59. The Morgan fingerprint density at radius 2 is 2.19 bits per heavy atom. The number of thioether (sulfide) groups is 1. The highest BCUT2D eigenvalue weighted by Gasteiger charge is 2.24. The van der Waals surface area contributed by atoms with Crippen LogP contribution in [0.4, 0.5) is 0 Å². The maximum atomic E-state index is 9.68. The maximum absolute atomic E-state index is 9.68. The molecule has 0 aliphatic carbocycles. The SMILES string of the molecule is OC1NNCC1CSc1nnc2c(n1)[nH]c1ccccc12. The van der Waals surface area contributed by atoms with Gasteiger partial charge >= 0.3 is 0 Å². The number of rotatable bonds is 3. The molecule has 108 valence electrons. The topological polar surface area (TPSA) is 98.8 Å². The smallest absolute Gasteiger partial charge is 0.211 e. The molecule has 21 heavy (non-hydrogen) atoms. The van der Waals surface area contributed by atoms with Crippen LogP contribution in [0.15, 0.2) is 29.4 Å². The van der Waals surface area contributed by atoms with E-state index < -0.39 is 6.23 Å². The summed E-state index contributed by atoms with van der Waals surface area (Å²) in [6.45, 7) is 0.732. The van der Waals surface area contributed by atoms with E-state index >= 15 is 0 Å². The van der Waals surface area contributed by atoms with Crippen molar-refractivity contribution in [2.24, 2.45) is 5.92 Å². The highest BCUT2D eigenvalue weighted by molar-refractivity contribution is 7.99. The number of hydrogen-bond donors (Lipinski definition) is 4. The lowest BCUT2D eigenvalue weighted by atomic mass is 10.2. The van der Waals surface area contributed by atoms with Gasteiger partial charge in [-0.3, -0.25) is 5.43 Å². The van der Waals surface area contributed by atoms with Crippen LogP contribution in [0.1, 0.15) is 0 Å². The van der Waals surface area contributed by atoms with Gasteiger partial charge in [0.15, 0.2) is 5.65 Å². The van der Waals surface area contributed by atoms with E-state index in [2.05, 4.69) is 31.0 Å². The van der Waals surface area contributed by atoms with Crippen molar-refractivity contribution in [1.82, 2.24) is 31.0 Å². The van der Waals surface area contributed by atoms with Gasteiger partial charge < -0.3 is 10.1 Å². The number of aliphatic hydroxyl groups excluding tert-OH is 1. The molecule has 1 fully saturated rings. The van der Waals surface area contributed by atoms with Gasteiger partial charge in [0, 0.05) is 29.1 Å². The van der Waals surface area contributed by atoms with E-state index in [-0.39, 0.29) is 5.92 Å². The lowest BCUT2D eigenvalue weighted by Crippen LogP contribution is -2.31. The number of nitrogens with zero attached hydrogens (tertiary/aromatic N) is 3. The van der Waals surface area contributed by atoms with Crippen LogP contribution in [0, 0.1) is 5.92 Å². The summed E-state index contributed by atoms with van der Waals surface area (Å²) >= 11 is 1.50. The van der Waals surface area contributed by atoms with Gasteiger partial charge in [0.2, 0.25) is 5.16 Å². The van der Waals surface area contributed by atoms with Crippen molar-refractivity contribution in [2.75, 3.05) is 12.3 Å². The predicted octanol–water partition coefficient (Wildman–Crippen LogP) is 0.641. The van der Waals surface area contributed by atoms with Gasteiger partial charge in [-0.25, -0.2) is 10.4 Å². The number of nitrogens with one attached hydrogen (secondary N) is 3. The molecule has 3 heterocycles. The van der Waals surface area contributed by atoms with Crippen molar-refractivity contribution in [3.8, 4) is 0 Å². The van der Waals surface area contributed by atoms with Crippen LogP contribution in [0.5, 0.6) is 0 Å². The highest BCUT2D eigenvalue weighted by atomic mass is 32.2. The Hall–Kier alpha value is -1.74. The lowest BCUT2D eigenvalue weighted by Gasteiger charge is -2.10. The van der Waals surface area contributed by atoms with Gasteiger partial charge in [-0.15, -0.1) is 10.2 Å². The molecule has 0 spiro atoms. The fourth-order valence-electron chi connectivity index (χ4n) is 2.42. The molecular weight excluding hydrogens is 288 g/mol. The van der Waals surface area contributed by atoms with Gasteiger partial charge in [0.1, 0.15) is 11.7 Å². The molecule has 4 rings (SSSR count). The van der Waals surface area contributed by atoms with Crippen molar-refractivity contribution >= 4 is 33.8 Å². The summed E-state index contributed by atoms with van der Waals surface area (Å²) in [5.41, 5.74) is 8.26. The summed E-state index contributed by atoms with van der Waals surface area (Å²) in [6, 6.07) is 7.95. The first-order valence-corrected chi connectivity index (χ1v) is 7.70. The molecule has 1 aliphatic heterocycles. The number of hydrogen-bond acceptors (Lipinski definition) is 7.